The molecule has 4 nitrogen and oxygen atoms in total. The van der Waals surface area contributed by atoms with Crippen LogP contribution >= 0.6 is 0 Å². The molecule has 4 heteroatoms. The van der Waals surface area contributed by atoms with Crippen molar-refractivity contribution in [2.24, 2.45) is 5.10 Å². The van der Waals surface area contributed by atoms with Crippen molar-refractivity contribution in [2.75, 3.05) is 0 Å². The number of benzene rings is 2. The van der Waals surface area contributed by atoms with Gasteiger partial charge in [0.1, 0.15) is 0 Å². The maximum atomic E-state index is 11.8. The minimum atomic E-state index is -0.0929. The maximum absolute atomic E-state index is 11.8. The van der Waals surface area contributed by atoms with Crippen LogP contribution in [0.2, 0.25) is 0 Å². The molecular formula is C20H19N3O. The smallest absolute Gasteiger partial charge is 0.240 e. The van der Waals surface area contributed by atoms with Crippen LogP contribution in [0.5, 0.6) is 0 Å². The fourth-order valence-electron chi connectivity index (χ4n) is 2.51. The van der Waals surface area contributed by atoms with E-state index in [1.807, 2.05) is 60.8 Å². The Kier molecular flexibility index (Phi) is 5.20. The summed E-state index contributed by atoms with van der Waals surface area (Å²) in [6.45, 7) is 0. The summed E-state index contributed by atoms with van der Waals surface area (Å²) < 4.78 is 0. The van der Waals surface area contributed by atoms with E-state index in [2.05, 4.69) is 21.6 Å². The van der Waals surface area contributed by atoms with Gasteiger partial charge in [-0.25, -0.2) is 5.43 Å². The molecule has 0 aliphatic carbocycles. The second-order valence-electron chi connectivity index (χ2n) is 5.44. The Morgan fingerprint density at radius 2 is 1.88 bits per heavy atom. The number of allylic oxidation sites excluding steroid dienone is 1. The highest BCUT2D eigenvalue weighted by molar-refractivity contribution is 5.84. The summed E-state index contributed by atoms with van der Waals surface area (Å²) in [4.78, 5) is 15.1. The summed E-state index contributed by atoms with van der Waals surface area (Å²) in [6, 6.07) is 18.0. The number of aryl methyl sites for hydroxylation is 1. The normalized spacial score (nSPS) is 11.5. The molecule has 3 aromatic rings. The van der Waals surface area contributed by atoms with E-state index in [1.165, 1.54) is 5.39 Å². The van der Waals surface area contributed by atoms with Crippen LogP contribution in [-0.4, -0.2) is 17.1 Å². The van der Waals surface area contributed by atoms with Crippen LogP contribution in [0.1, 0.15) is 17.5 Å². The third-order valence-corrected chi connectivity index (χ3v) is 3.73. The lowest BCUT2D eigenvalue weighted by atomic mass is 10.1. The molecule has 1 aromatic heterocycles. The number of H-pyrrole nitrogens is 1. The summed E-state index contributed by atoms with van der Waals surface area (Å²) in [5, 5.41) is 5.10. The van der Waals surface area contributed by atoms with Crippen molar-refractivity contribution in [1.29, 1.82) is 0 Å². The molecule has 0 aliphatic heterocycles. The van der Waals surface area contributed by atoms with E-state index in [4.69, 9.17) is 0 Å². The molecule has 120 valence electrons. The lowest BCUT2D eigenvalue weighted by Gasteiger charge is -1.99. The first-order valence-corrected chi connectivity index (χ1v) is 7.91. The number of hydrazone groups is 1. The van der Waals surface area contributed by atoms with Crippen molar-refractivity contribution in [1.82, 2.24) is 10.4 Å². The zero-order valence-electron chi connectivity index (χ0n) is 13.3. The summed E-state index contributed by atoms with van der Waals surface area (Å²) >= 11 is 0. The Morgan fingerprint density at radius 3 is 2.75 bits per heavy atom. The molecule has 0 atom stereocenters. The Hall–Kier alpha value is -3.14. The van der Waals surface area contributed by atoms with Gasteiger partial charge in [-0.1, -0.05) is 54.6 Å². The van der Waals surface area contributed by atoms with Crippen molar-refractivity contribution in [3.8, 4) is 0 Å². The number of hydrogen-bond acceptors (Lipinski definition) is 2. The third kappa shape index (κ3) is 4.20. The predicted molar refractivity (Wildman–Crippen MR) is 98.7 cm³/mol. The van der Waals surface area contributed by atoms with Crippen LogP contribution < -0.4 is 5.43 Å². The van der Waals surface area contributed by atoms with Crippen LogP contribution in [-0.2, 0) is 11.2 Å². The molecule has 0 bridgehead atoms. The van der Waals surface area contributed by atoms with Gasteiger partial charge in [-0.15, -0.1) is 0 Å². The van der Waals surface area contributed by atoms with E-state index >= 15 is 0 Å². The van der Waals surface area contributed by atoms with Crippen LogP contribution in [0.3, 0.4) is 0 Å². The minimum absolute atomic E-state index is 0.0929. The minimum Gasteiger partial charge on any atom is -0.361 e. The lowest BCUT2D eigenvalue weighted by molar-refractivity contribution is -0.121. The van der Waals surface area contributed by atoms with Gasteiger partial charge in [0.2, 0.25) is 5.91 Å². The van der Waals surface area contributed by atoms with Crippen molar-refractivity contribution in [3.05, 3.63) is 78.0 Å². The fourth-order valence-corrected chi connectivity index (χ4v) is 2.51. The number of aromatic nitrogens is 1. The zero-order valence-corrected chi connectivity index (χ0v) is 13.3. The molecule has 0 fully saturated rings. The molecule has 0 saturated carbocycles. The number of hydrogen-bond donors (Lipinski definition) is 2. The monoisotopic (exact) mass is 317 g/mol. The number of carbonyl (C=O) groups is 1. The Morgan fingerprint density at radius 1 is 1.08 bits per heavy atom. The van der Waals surface area contributed by atoms with Crippen molar-refractivity contribution in [3.63, 3.8) is 0 Å². The van der Waals surface area contributed by atoms with Crippen LogP contribution in [0.15, 0.2) is 72.0 Å². The summed E-state index contributed by atoms with van der Waals surface area (Å²) in [5.41, 5.74) is 5.88. The van der Waals surface area contributed by atoms with Gasteiger partial charge in [0, 0.05) is 29.7 Å². The van der Waals surface area contributed by atoms with E-state index in [1.54, 1.807) is 12.3 Å². The first-order valence-electron chi connectivity index (χ1n) is 7.91. The molecule has 0 aliphatic rings. The number of carbonyl (C=O) groups excluding carboxylic acids is 1. The molecule has 1 amide bonds. The number of nitrogens with zero attached hydrogens (tertiary/aromatic N) is 1. The molecule has 24 heavy (non-hydrogen) atoms. The van der Waals surface area contributed by atoms with Gasteiger partial charge >= 0.3 is 0 Å². The Labute approximate surface area is 140 Å². The quantitative estimate of drug-likeness (QED) is 0.525. The molecule has 0 radical (unpaired) electrons. The first kappa shape index (κ1) is 15.7. The first-order chi connectivity index (χ1) is 11.8. The van der Waals surface area contributed by atoms with Crippen molar-refractivity contribution >= 4 is 29.1 Å². The fraction of sp³-hybridized carbons (Fsp3) is 0.100. The van der Waals surface area contributed by atoms with E-state index in [9.17, 15) is 4.79 Å². The zero-order chi connectivity index (χ0) is 16.6. The molecule has 2 N–H and O–H groups in total. The number of amides is 1. The van der Waals surface area contributed by atoms with Gasteiger partial charge in [-0.3, -0.25) is 4.79 Å². The Balaban J connectivity index is 1.46. The van der Waals surface area contributed by atoms with Gasteiger partial charge in [0.05, 0.1) is 0 Å². The standard InChI is InChI=1S/C20H19N3O/c24-20(23-22-14-6-9-16-7-2-1-3-8-16)13-12-17-15-21-19-11-5-4-10-18(17)19/h1-11,14-15,21H,12-13H2,(H,23,24)/b9-6+,22-14-. The van der Waals surface area contributed by atoms with Crippen molar-refractivity contribution in [2.45, 2.75) is 12.8 Å². The topological polar surface area (TPSA) is 57.2 Å². The highest BCUT2D eigenvalue weighted by Crippen LogP contribution is 2.18. The number of nitrogens with one attached hydrogen (secondary N) is 2. The number of fused-ring (bicyclic) bond motifs is 1. The summed E-state index contributed by atoms with van der Waals surface area (Å²) in [7, 11) is 0. The van der Waals surface area contributed by atoms with Gasteiger partial charge in [0.15, 0.2) is 0 Å². The molecule has 2 aromatic carbocycles. The van der Waals surface area contributed by atoms with Gasteiger partial charge in [-0.2, -0.15) is 5.10 Å². The highest BCUT2D eigenvalue weighted by atomic mass is 16.2. The maximum Gasteiger partial charge on any atom is 0.240 e. The SMILES string of the molecule is O=C(CCc1c[nH]c2ccccc12)N/N=C\C=C\c1ccccc1. The number of para-hydroxylation sites is 1. The largest absolute Gasteiger partial charge is 0.361 e. The molecule has 0 saturated heterocycles. The summed E-state index contributed by atoms with van der Waals surface area (Å²) in [5.74, 6) is -0.0929. The third-order valence-electron chi connectivity index (χ3n) is 3.73. The molecular weight excluding hydrogens is 298 g/mol. The number of rotatable bonds is 6. The second-order valence-corrected chi connectivity index (χ2v) is 5.44. The van der Waals surface area contributed by atoms with Crippen LogP contribution in [0.4, 0.5) is 0 Å². The number of aromatic amines is 1. The van der Waals surface area contributed by atoms with Gasteiger partial charge in [-0.05, 0) is 29.7 Å². The molecule has 3 rings (SSSR count). The molecule has 0 spiro atoms. The average Bonchev–Trinajstić information content (AvgIpc) is 3.04. The van der Waals surface area contributed by atoms with Gasteiger partial charge in [0.25, 0.3) is 0 Å². The summed E-state index contributed by atoms with van der Waals surface area (Å²) in [6.07, 6.45) is 8.37. The predicted octanol–water partition coefficient (Wildman–Crippen LogP) is 3.92. The van der Waals surface area contributed by atoms with Gasteiger partial charge < -0.3 is 4.98 Å². The van der Waals surface area contributed by atoms with E-state index < -0.39 is 0 Å². The lowest BCUT2D eigenvalue weighted by Crippen LogP contribution is -2.17. The average molecular weight is 317 g/mol. The molecule has 1 heterocycles. The van der Waals surface area contributed by atoms with Crippen LogP contribution in [0, 0.1) is 0 Å². The molecule has 0 unspecified atom stereocenters. The van der Waals surface area contributed by atoms with E-state index in [0.717, 1.165) is 16.6 Å². The van der Waals surface area contributed by atoms with E-state index in [-0.39, 0.29) is 5.91 Å². The second kappa shape index (κ2) is 7.92. The highest BCUT2D eigenvalue weighted by Gasteiger charge is 2.05. The Bertz CT molecular complexity index is 863. The van der Waals surface area contributed by atoms with Crippen LogP contribution in [0.25, 0.3) is 17.0 Å². The van der Waals surface area contributed by atoms with E-state index in [0.29, 0.717) is 12.8 Å². The van der Waals surface area contributed by atoms with Crippen molar-refractivity contribution < 1.29 is 4.79 Å².